The number of ether oxygens (including phenoxy) is 2. The topological polar surface area (TPSA) is 76.1 Å². The number of carbonyl (C=O) groups excluding carboxylic acids is 1. The highest BCUT2D eigenvalue weighted by atomic mass is 16.5. The van der Waals surface area contributed by atoms with Gasteiger partial charge in [-0.3, -0.25) is 9.59 Å². The van der Waals surface area contributed by atoms with Crippen LogP contribution in [0.25, 0.3) is 0 Å². The van der Waals surface area contributed by atoms with Gasteiger partial charge in [0.05, 0.1) is 25.7 Å². The summed E-state index contributed by atoms with van der Waals surface area (Å²) in [6.45, 7) is 3.21. The first-order valence-corrected chi connectivity index (χ1v) is 7.34. The zero-order valence-electron chi connectivity index (χ0n) is 12.6. The highest BCUT2D eigenvalue weighted by Gasteiger charge is 2.28. The van der Waals surface area contributed by atoms with Gasteiger partial charge in [0.25, 0.3) is 5.91 Å². The van der Waals surface area contributed by atoms with E-state index in [9.17, 15) is 9.59 Å². The third kappa shape index (κ3) is 4.82. The van der Waals surface area contributed by atoms with Gasteiger partial charge in [-0.15, -0.1) is 0 Å². The number of hydrogen-bond acceptors (Lipinski definition) is 4. The molecule has 0 spiro atoms. The predicted molar refractivity (Wildman–Crippen MR) is 79.3 cm³/mol. The van der Waals surface area contributed by atoms with Crippen LogP contribution >= 0.6 is 0 Å². The molecule has 1 aromatic rings. The van der Waals surface area contributed by atoms with Gasteiger partial charge in [-0.25, -0.2) is 0 Å². The van der Waals surface area contributed by atoms with E-state index in [-0.39, 0.29) is 12.3 Å². The summed E-state index contributed by atoms with van der Waals surface area (Å²) in [6, 6.07) is 9.64. The Kier molecular flexibility index (Phi) is 5.91. The Hall–Kier alpha value is -1.92. The van der Waals surface area contributed by atoms with Gasteiger partial charge < -0.3 is 19.5 Å². The van der Waals surface area contributed by atoms with Crippen molar-refractivity contribution in [1.29, 1.82) is 0 Å². The summed E-state index contributed by atoms with van der Waals surface area (Å²) in [5.41, 5.74) is 1.01. The van der Waals surface area contributed by atoms with E-state index in [1.165, 1.54) is 0 Å². The van der Waals surface area contributed by atoms with Gasteiger partial charge in [0.2, 0.25) is 0 Å². The van der Waals surface area contributed by atoms with Gasteiger partial charge in [0.15, 0.2) is 0 Å². The monoisotopic (exact) mass is 307 g/mol. The van der Waals surface area contributed by atoms with Gasteiger partial charge >= 0.3 is 5.97 Å². The lowest BCUT2D eigenvalue weighted by atomic mass is 10.2. The fraction of sp³-hybridized carbons (Fsp3) is 0.500. The molecule has 1 aliphatic rings. The quantitative estimate of drug-likeness (QED) is 0.857. The van der Waals surface area contributed by atoms with Crippen LogP contribution in [0.5, 0.6) is 0 Å². The summed E-state index contributed by atoms with van der Waals surface area (Å²) < 4.78 is 11.0. The Morgan fingerprint density at radius 1 is 1.41 bits per heavy atom. The molecule has 0 unspecified atom stereocenters. The second kappa shape index (κ2) is 7.91. The Morgan fingerprint density at radius 3 is 2.82 bits per heavy atom. The summed E-state index contributed by atoms with van der Waals surface area (Å²) in [5.74, 6) is -1.05. The van der Waals surface area contributed by atoms with Crippen molar-refractivity contribution in [2.45, 2.75) is 32.2 Å². The van der Waals surface area contributed by atoms with Crippen molar-refractivity contribution in [2.24, 2.45) is 0 Å². The van der Waals surface area contributed by atoms with Gasteiger partial charge in [0, 0.05) is 13.1 Å². The number of aliphatic carboxylic acids is 1. The molecule has 0 bridgehead atoms. The first kappa shape index (κ1) is 16.5. The first-order valence-electron chi connectivity index (χ1n) is 7.34. The molecule has 120 valence electrons. The largest absolute Gasteiger partial charge is 0.481 e. The lowest BCUT2D eigenvalue weighted by molar-refractivity contribution is -0.154. The summed E-state index contributed by atoms with van der Waals surface area (Å²) in [6.07, 6.45) is -1.11. The summed E-state index contributed by atoms with van der Waals surface area (Å²) in [4.78, 5) is 24.7. The molecule has 1 saturated heterocycles. The molecule has 0 radical (unpaired) electrons. The maximum absolute atomic E-state index is 12.3. The predicted octanol–water partition coefficient (Wildman–Crippen LogP) is 1.29. The number of carbonyl (C=O) groups is 2. The number of benzene rings is 1. The fourth-order valence-corrected chi connectivity index (χ4v) is 2.36. The molecular formula is C16H21NO5. The summed E-state index contributed by atoms with van der Waals surface area (Å²) >= 11 is 0. The second-order valence-electron chi connectivity index (χ2n) is 5.31. The fourth-order valence-electron chi connectivity index (χ4n) is 2.36. The zero-order valence-corrected chi connectivity index (χ0v) is 12.6. The average Bonchev–Trinajstić information content (AvgIpc) is 2.52. The molecule has 2 rings (SSSR count). The standard InChI is InChI=1S/C16H21NO5/c1-12(22-11-13-5-3-2-4-6-13)16(20)17-7-8-21-14(10-17)9-15(18)19/h2-6,12,14H,7-11H2,1H3,(H,18,19)/t12-,14+/m1/s1. The van der Waals surface area contributed by atoms with Crippen LogP contribution in [0.15, 0.2) is 30.3 Å². The number of nitrogens with zero attached hydrogens (tertiary/aromatic N) is 1. The molecule has 1 aliphatic heterocycles. The van der Waals surface area contributed by atoms with E-state index in [0.29, 0.717) is 26.3 Å². The second-order valence-corrected chi connectivity index (χ2v) is 5.31. The van der Waals surface area contributed by atoms with Crippen LogP contribution in [-0.2, 0) is 25.7 Å². The maximum atomic E-state index is 12.3. The van der Waals surface area contributed by atoms with Crippen molar-refractivity contribution in [3.8, 4) is 0 Å². The highest BCUT2D eigenvalue weighted by molar-refractivity contribution is 5.80. The normalized spacial score (nSPS) is 19.7. The molecule has 1 heterocycles. The van der Waals surface area contributed by atoms with Crippen molar-refractivity contribution >= 4 is 11.9 Å². The van der Waals surface area contributed by atoms with Crippen molar-refractivity contribution in [3.05, 3.63) is 35.9 Å². The minimum Gasteiger partial charge on any atom is -0.481 e. The minimum atomic E-state index is -0.923. The van der Waals surface area contributed by atoms with Crippen molar-refractivity contribution < 1.29 is 24.2 Å². The van der Waals surface area contributed by atoms with E-state index in [2.05, 4.69) is 0 Å². The molecule has 1 amide bonds. The number of morpholine rings is 1. The van der Waals surface area contributed by atoms with Crippen molar-refractivity contribution in [3.63, 3.8) is 0 Å². The molecule has 1 N–H and O–H groups in total. The molecule has 6 nitrogen and oxygen atoms in total. The number of hydrogen-bond donors (Lipinski definition) is 1. The Balaban J connectivity index is 1.83. The molecule has 0 aromatic heterocycles. The highest BCUT2D eigenvalue weighted by Crippen LogP contribution is 2.12. The SMILES string of the molecule is C[C@@H](OCc1ccccc1)C(=O)N1CCO[C@@H](CC(=O)O)C1. The van der Waals surface area contributed by atoms with E-state index < -0.39 is 18.2 Å². The van der Waals surface area contributed by atoms with Crippen LogP contribution in [0.4, 0.5) is 0 Å². The van der Waals surface area contributed by atoms with Gasteiger partial charge in [-0.2, -0.15) is 0 Å². The maximum Gasteiger partial charge on any atom is 0.306 e. The van der Waals surface area contributed by atoms with E-state index >= 15 is 0 Å². The van der Waals surface area contributed by atoms with Crippen LogP contribution in [0.3, 0.4) is 0 Å². The lowest BCUT2D eigenvalue weighted by Crippen LogP contribution is -2.49. The van der Waals surface area contributed by atoms with Crippen LogP contribution in [0.1, 0.15) is 18.9 Å². The van der Waals surface area contributed by atoms with Gasteiger partial charge in [-0.05, 0) is 12.5 Å². The number of carboxylic acid groups (broad SMARTS) is 1. The van der Waals surface area contributed by atoms with Crippen LogP contribution in [0.2, 0.25) is 0 Å². The minimum absolute atomic E-state index is 0.0942. The third-order valence-electron chi connectivity index (χ3n) is 3.54. The van der Waals surface area contributed by atoms with Gasteiger partial charge in [0.1, 0.15) is 6.10 Å². The number of carboxylic acids is 1. The Labute approximate surface area is 129 Å². The Morgan fingerprint density at radius 2 is 2.14 bits per heavy atom. The van der Waals surface area contributed by atoms with Gasteiger partial charge in [-0.1, -0.05) is 30.3 Å². The zero-order chi connectivity index (χ0) is 15.9. The smallest absolute Gasteiger partial charge is 0.306 e. The number of rotatable bonds is 6. The molecule has 0 saturated carbocycles. The van der Waals surface area contributed by atoms with Crippen LogP contribution in [-0.4, -0.2) is 53.8 Å². The van der Waals surface area contributed by atoms with E-state index in [4.69, 9.17) is 14.6 Å². The average molecular weight is 307 g/mol. The van der Waals surface area contributed by atoms with Crippen LogP contribution < -0.4 is 0 Å². The lowest BCUT2D eigenvalue weighted by Gasteiger charge is -2.33. The number of amides is 1. The Bertz CT molecular complexity index is 505. The summed E-state index contributed by atoms with van der Waals surface area (Å²) in [7, 11) is 0. The molecule has 22 heavy (non-hydrogen) atoms. The molecule has 6 heteroatoms. The summed E-state index contributed by atoms with van der Waals surface area (Å²) in [5, 5.41) is 8.80. The third-order valence-corrected chi connectivity index (χ3v) is 3.54. The van der Waals surface area contributed by atoms with Crippen molar-refractivity contribution in [1.82, 2.24) is 4.90 Å². The van der Waals surface area contributed by atoms with Crippen LogP contribution in [0, 0.1) is 0 Å². The van der Waals surface area contributed by atoms with E-state index in [1.54, 1.807) is 11.8 Å². The van der Waals surface area contributed by atoms with E-state index in [0.717, 1.165) is 5.56 Å². The van der Waals surface area contributed by atoms with Crippen molar-refractivity contribution in [2.75, 3.05) is 19.7 Å². The van der Waals surface area contributed by atoms with E-state index in [1.807, 2.05) is 30.3 Å². The first-order chi connectivity index (χ1) is 10.6. The molecule has 0 aliphatic carbocycles. The molecule has 1 aromatic carbocycles. The molecule has 1 fully saturated rings. The molecular weight excluding hydrogens is 286 g/mol. The molecule has 2 atom stereocenters.